The highest BCUT2D eigenvalue weighted by atomic mass is 127. The van der Waals surface area contributed by atoms with Gasteiger partial charge in [-0.25, -0.2) is 0 Å². The van der Waals surface area contributed by atoms with Gasteiger partial charge in [0.2, 0.25) is 0 Å². The minimum absolute atomic E-state index is 0. The molecule has 0 atom stereocenters. The lowest BCUT2D eigenvalue weighted by Gasteiger charge is -2.22. The molecule has 0 aromatic carbocycles. The van der Waals surface area contributed by atoms with Gasteiger partial charge in [-0.2, -0.15) is 0 Å². The average molecular weight is 445 g/mol. The van der Waals surface area contributed by atoms with E-state index in [1.165, 1.54) is 5.69 Å². The van der Waals surface area contributed by atoms with E-state index in [0.717, 1.165) is 23.5 Å². The summed E-state index contributed by atoms with van der Waals surface area (Å²) in [6.45, 7) is 2.22. The van der Waals surface area contributed by atoms with E-state index in [2.05, 4.69) is 41.8 Å². The normalized spacial score (nSPS) is 11.1. The van der Waals surface area contributed by atoms with Crippen molar-refractivity contribution in [1.29, 1.82) is 0 Å². The Hall–Kier alpha value is -0.280. The summed E-state index contributed by atoms with van der Waals surface area (Å²) in [6, 6.07) is 2.11. The number of nitrogens with zero attached hydrogens (tertiary/aromatic N) is 3. The average Bonchev–Trinajstić information content (AvgIpc) is 2.63. The lowest BCUT2D eigenvalue weighted by atomic mass is 10.4. The quantitative estimate of drug-likeness (QED) is 0.327. The number of methoxy groups -OCH3 is 1. The fraction of sp³-hybridized carbons (Fsp3) is 0.583. The van der Waals surface area contributed by atoms with E-state index in [9.17, 15) is 0 Å². The lowest BCUT2D eigenvalue weighted by Crippen LogP contribution is -2.40. The number of hydrogen-bond donors (Lipinski definition) is 1. The molecule has 0 unspecified atom stereocenters. The zero-order valence-electron chi connectivity index (χ0n) is 11.8. The van der Waals surface area contributed by atoms with Gasteiger partial charge in [-0.1, -0.05) is 0 Å². The zero-order chi connectivity index (χ0) is 13.5. The Labute approximate surface area is 140 Å². The maximum Gasteiger partial charge on any atom is 0.193 e. The smallest absolute Gasteiger partial charge is 0.193 e. The van der Waals surface area contributed by atoms with Crippen LogP contribution < -0.4 is 5.32 Å². The molecule has 1 aromatic heterocycles. The van der Waals surface area contributed by atoms with Crippen molar-refractivity contribution < 1.29 is 4.74 Å². The molecular formula is C12H22BrIN4O. The van der Waals surface area contributed by atoms with Gasteiger partial charge in [0.05, 0.1) is 13.2 Å². The second-order valence-corrected chi connectivity index (χ2v) is 5.00. The molecular weight excluding hydrogens is 423 g/mol. The van der Waals surface area contributed by atoms with Crippen molar-refractivity contribution in [3.8, 4) is 0 Å². The molecule has 110 valence electrons. The van der Waals surface area contributed by atoms with Gasteiger partial charge >= 0.3 is 0 Å². The highest BCUT2D eigenvalue weighted by Crippen LogP contribution is 2.14. The molecule has 0 saturated carbocycles. The number of guanidine groups is 1. The van der Waals surface area contributed by atoms with E-state index in [0.29, 0.717) is 6.61 Å². The molecule has 1 N–H and O–H groups in total. The van der Waals surface area contributed by atoms with Gasteiger partial charge in [0.15, 0.2) is 5.96 Å². The van der Waals surface area contributed by atoms with Crippen molar-refractivity contribution in [1.82, 2.24) is 14.8 Å². The van der Waals surface area contributed by atoms with Crippen LogP contribution in [0.5, 0.6) is 0 Å². The first-order valence-corrected chi connectivity index (χ1v) is 6.59. The third kappa shape index (κ3) is 6.13. The summed E-state index contributed by atoms with van der Waals surface area (Å²) >= 11 is 3.48. The largest absolute Gasteiger partial charge is 0.383 e. The van der Waals surface area contributed by atoms with E-state index >= 15 is 0 Å². The standard InChI is InChI=1S/C12H21BrN4O.HI/c1-14-12(15-5-6-18-4)17(3)9-11-7-10(13)8-16(11)2;/h7-8H,5-6,9H2,1-4H3,(H,14,15);1H. The molecule has 1 aromatic rings. The zero-order valence-corrected chi connectivity index (χ0v) is 15.7. The Bertz CT molecular complexity index is 408. The third-order valence-corrected chi connectivity index (χ3v) is 3.07. The van der Waals surface area contributed by atoms with Gasteiger partial charge in [-0.05, 0) is 22.0 Å². The highest BCUT2D eigenvalue weighted by Gasteiger charge is 2.09. The van der Waals surface area contributed by atoms with Gasteiger partial charge in [-0.15, -0.1) is 24.0 Å². The van der Waals surface area contributed by atoms with E-state index in [1.807, 2.05) is 20.3 Å². The minimum atomic E-state index is 0. The van der Waals surface area contributed by atoms with Crippen molar-refractivity contribution in [2.24, 2.45) is 12.0 Å². The summed E-state index contributed by atoms with van der Waals surface area (Å²) in [5.41, 5.74) is 1.22. The minimum Gasteiger partial charge on any atom is -0.383 e. The Balaban J connectivity index is 0.00000324. The molecule has 0 aliphatic carbocycles. The Morgan fingerprint density at radius 1 is 1.58 bits per heavy atom. The molecule has 1 rings (SSSR count). The second kappa shape index (κ2) is 9.60. The molecule has 0 fully saturated rings. The van der Waals surface area contributed by atoms with Crippen molar-refractivity contribution in [2.75, 3.05) is 34.4 Å². The van der Waals surface area contributed by atoms with Crippen LogP contribution in [0.3, 0.4) is 0 Å². The molecule has 0 amide bonds. The number of aromatic nitrogens is 1. The van der Waals surface area contributed by atoms with E-state index in [-0.39, 0.29) is 24.0 Å². The molecule has 0 bridgehead atoms. The first-order chi connectivity index (χ1) is 8.58. The van der Waals surface area contributed by atoms with Gasteiger partial charge in [0, 0.05) is 51.2 Å². The predicted molar refractivity (Wildman–Crippen MR) is 93.2 cm³/mol. The van der Waals surface area contributed by atoms with Crippen LogP contribution in [0.25, 0.3) is 0 Å². The number of aliphatic imine (C=N–C) groups is 1. The van der Waals surface area contributed by atoms with Crippen LogP contribution in [0.4, 0.5) is 0 Å². The SMILES string of the molecule is CN=C(NCCOC)N(C)Cc1cc(Br)cn1C.I. The fourth-order valence-corrected chi connectivity index (χ4v) is 2.26. The maximum absolute atomic E-state index is 5.01. The molecule has 0 aliphatic rings. The summed E-state index contributed by atoms with van der Waals surface area (Å²) in [6.07, 6.45) is 2.05. The number of rotatable bonds is 5. The van der Waals surface area contributed by atoms with E-state index < -0.39 is 0 Å². The second-order valence-electron chi connectivity index (χ2n) is 4.08. The number of aryl methyl sites for hydroxylation is 1. The van der Waals surface area contributed by atoms with Crippen molar-refractivity contribution in [2.45, 2.75) is 6.54 Å². The fourth-order valence-electron chi connectivity index (χ4n) is 1.69. The van der Waals surface area contributed by atoms with Crippen LogP contribution >= 0.6 is 39.9 Å². The van der Waals surface area contributed by atoms with E-state index in [1.54, 1.807) is 14.2 Å². The first-order valence-electron chi connectivity index (χ1n) is 5.80. The number of nitrogens with one attached hydrogen (secondary N) is 1. The summed E-state index contributed by atoms with van der Waals surface area (Å²) in [4.78, 5) is 6.33. The van der Waals surface area contributed by atoms with Crippen molar-refractivity contribution >= 4 is 45.9 Å². The van der Waals surface area contributed by atoms with E-state index in [4.69, 9.17) is 4.74 Å². The molecule has 0 radical (unpaired) electrons. The van der Waals surface area contributed by atoms with Crippen LogP contribution in [-0.4, -0.2) is 49.8 Å². The lowest BCUT2D eigenvalue weighted by molar-refractivity contribution is 0.203. The third-order valence-electron chi connectivity index (χ3n) is 2.64. The molecule has 19 heavy (non-hydrogen) atoms. The molecule has 0 saturated heterocycles. The highest BCUT2D eigenvalue weighted by molar-refractivity contribution is 14.0. The van der Waals surface area contributed by atoms with Crippen LogP contribution in [-0.2, 0) is 18.3 Å². The Morgan fingerprint density at radius 2 is 2.26 bits per heavy atom. The van der Waals surface area contributed by atoms with Crippen LogP contribution in [0, 0.1) is 0 Å². The number of halogens is 2. The molecule has 5 nitrogen and oxygen atoms in total. The van der Waals surface area contributed by atoms with Crippen LogP contribution in [0.15, 0.2) is 21.7 Å². The Morgan fingerprint density at radius 3 is 2.74 bits per heavy atom. The van der Waals surface area contributed by atoms with Gasteiger partial charge in [0.25, 0.3) is 0 Å². The molecule has 0 aliphatic heterocycles. The monoisotopic (exact) mass is 444 g/mol. The van der Waals surface area contributed by atoms with Crippen LogP contribution in [0.2, 0.25) is 0 Å². The maximum atomic E-state index is 5.01. The van der Waals surface area contributed by atoms with Crippen molar-refractivity contribution in [3.63, 3.8) is 0 Å². The van der Waals surface area contributed by atoms with Crippen molar-refractivity contribution in [3.05, 3.63) is 22.4 Å². The molecule has 0 spiro atoms. The number of ether oxygens (including phenoxy) is 1. The predicted octanol–water partition coefficient (Wildman–Crippen LogP) is 2.06. The van der Waals surface area contributed by atoms with Gasteiger partial charge in [0.1, 0.15) is 0 Å². The summed E-state index contributed by atoms with van der Waals surface area (Å²) in [5, 5.41) is 3.25. The van der Waals surface area contributed by atoms with Gasteiger partial charge in [-0.3, -0.25) is 4.99 Å². The number of hydrogen-bond acceptors (Lipinski definition) is 2. The summed E-state index contributed by atoms with van der Waals surface area (Å²) < 4.78 is 8.20. The van der Waals surface area contributed by atoms with Gasteiger partial charge < -0.3 is 19.5 Å². The molecule has 7 heteroatoms. The first kappa shape index (κ1) is 18.7. The molecule has 1 heterocycles. The topological polar surface area (TPSA) is 41.8 Å². The summed E-state index contributed by atoms with van der Waals surface area (Å²) in [5.74, 6) is 0.865. The summed E-state index contributed by atoms with van der Waals surface area (Å²) in [7, 11) is 7.53. The Kier molecular flexibility index (Phi) is 9.46. The van der Waals surface area contributed by atoms with Crippen LogP contribution in [0.1, 0.15) is 5.69 Å².